The van der Waals surface area contributed by atoms with E-state index in [9.17, 15) is 5.11 Å². The van der Waals surface area contributed by atoms with Crippen LogP contribution in [0.4, 0.5) is 0 Å². The highest BCUT2D eigenvalue weighted by Crippen LogP contribution is 2.23. The predicted molar refractivity (Wildman–Crippen MR) is 79.3 cm³/mol. The zero-order chi connectivity index (χ0) is 13.8. The molecular weight excluding hydrogens is 236 g/mol. The largest absolute Gasteiger partial charge is 0.388 e. The summed E-state index contributed by atoms with van der Waals surface area (Å²) >= 11 is 0. The molecule has 2 unspecified atom stereocenters. The zero-order valence-corrected chi connectivity index (χ0v) is 12.3. The lowest BCUT2D eigenvalue weighted by atomic mass is 9.98. The van der Waals surface area contributed by atoms with Crippen LogP contribution in [0.5, 0.6) is 0 Å². The van der Waals surface area contributed by atoms with Gasteiger partial charge < -0.3 is 14.9 Å². The summed E-state index contributed by atoms with van der Waals surface area (Å²) in [6.07, 6.45) is 1.48. The SMILES string of the molecule is CCc1cccc(C(O)CC2CN(C)CCN2C)c1. The molecule has 3 heteroatoms. The van der Waals surface area contributed by atoms with Crippen LogP contribution in [0.25, 0.3) is 0 Å². The van der Waals surface area contributed by atoms with E-state index in [1.807, 2.05) is 12.1 Å². The number of piperazine rings is 1. The molecule has 0 amide bonds. The first-order valence-electron chi connectivity index (χ1n) is 7.25. The second-order valence-electron chi connectivity index (χ2n) is 5.75. The summed E-state index contributed by atoms with van der Waals surface area (Å²) in [7, 11) is 4.32. The van der Waals surface area contributed by atoms with Gasteiger partial charge in [-0.05, 0) is 38.1 Å². The molecule has 1 aromatic carbocycles. The van der Waals surface area contributed by atoms with E-state index in [4.69, 9.17) is 0 Å². The normalized spacial score (nSPS) is 23.5. The first kappa shape index (κ1) is 14.5. The Morgan fingerprint density at radius 1 is 1.32 bits per heavy atom. The van der Waals surface area contributed by atoms with Crippen molar-refractivity contribution in [1.82, 2.24) is 9.80 Å². The highest BCUT2D eigenvalue weighted by Gasteiger charge is 2.25. The van der Waals surface area contributed by atoms with Crippen molar-refractivity contribution in [1.29, 1.82) is 0 Å². The fourth-order valence-electron chi connectivity index (χ4n) is 2.77. The molecule has 0 bridgehead atoms. The third-order valence-electron chi connectivity index (χ3n) is 4.22. The topological polar surface area (TPSA) is 26.7 Å². The van der Waals surface area contributed by atoms with Crippen molar-refractivity contribution >= 4 is 0 Å². The predicted octanol–water partition coefficient (Wildman–Crippen LogP) is 1.92. The molecule has 1 aliphatic heterocycles. The average Bonchev–Trinajstić information content (AvgIpc) is 2.43. The van der Waals surface area contributed by atoms with Gasteiger partial charge in [-0.1, -0.05) is 31.2 Å². The van der Waals surface area contributed by atoms with Crippen LogP contribution in [0.1, 0.15) is 30.6 Å². The van der Waals surface area contributed by atoms with Crippen LogP contribution in [0.3, 0.4) is 0 Å². The van der Waals surface area contributed by atoms with E-state index in [0.29, 0.717) is 6.04 Å². The van der Waals surface area contributed by atoms with E-state index < -0.39 is 0 Å². The summed E-state index contributed by atoms with van der Waals surface area (Å²) in [5.74, 6) is 0. The number of aliphatic hydroxyl groups excluding tert-OH is 1. The fraction of sp³-hybridized carbons (Fsp3) is 0.625. The number of likely N-dealkylation sites (N-methyl/N-ethyl adjacent to an activating group) is 2. The smallest absolute Gasteiger partial charge is 0.0805 e. The van der Waals surface area contributed by atoms with Gasteiger partial charge in [0.05, 0.1) is 6.10 Å². The Hall–Kier alpha value is -0.900. The van der Waals surface area contributed by atoms with Crippen LogP contribution < -0.4 is 0 Å². The second kappa shape index (κ2) is 6.51. The highest BCUT2D eigenvalue weighted by molar-refractivity contribution is 5.25. The van der Waals surface area contributed by atoms with Crippen molar-refractivity contribution in [2.45, 2.75) is 31.9 Å². The Kier molecular flexibility index (Phi) is 4.97. The van der Waals surface area contributed by atoms with Gasteiger partial charge in [-0.25, -0.2) is 0 Å². The highest BCUT2D eigenvalue weighted by atomic mass is 16.3. The lowest BCUT2D eigenvalue weighted by molar-refractivity contribution is 0.0634. The molecule has 3 nitrogen and oxygen atoms in total. The Bertz CT molecular complexity index is 407. The van der Waals surface area contributed by atoms with Crippen LogP contribution in [0.15, 0.2) is 24.3 Å². The van der Waals surface area contributed by atoms with Crippen LogP contribution >= 0.6 is 0 Å². The minimum atomic E-state index is -0.356. The van der Waals surface area contributed by atoms with Crippen molar-refractivity contribution in [2.75, 3.05) is 33.7 Å². The summed E-state index contributed by atoms with van der Waals surface area (Å²) in [6, 6.07) is 8.79. The molecule has 1 heterocycles. The van der Waals surface area contributed by atoms with Gasteiger partial charge in [0.1, 0.15) is 0 Å². The fourth-order valence-corrected chi connectivity index (χ4v) is 2.77. The van der Waals surface area contributed by atoms with E-state index in [2.05, 4.69) is 43.0 Å². The van der Waals surface area contributed by atoms with Gasteiger partial charge in [-0.2, -0.15) is 0 Å². The molecule has 0 spiro atoms. The van der Waals surface area contributed by atoms with Gasteiger partial charge in [0, 0.05) is 25.7 Å². The first-order chi connectivity index (χ1) is 9.10. The van der Waals surface area contributed by atoms with Crippen molar-refractivity contribution in [3.05, 3.63) is 35.4 Å². The third kappa shape index (κ3) is 3.78. The van der Waals surface area contributed by atoms with Crippen LogP contribution in [0, 0.1) is 0 Å². The number of hydrogen-bond donors (Lipinski definition) is 1. The molecule has 1 aliphatic rings. The molecule has 106 valence electrons. The number of hydrogen-bond acceptors (Lipinski definition) is 3. The Balaban J connectivity index is 2.01. The van der Waals surface area contributed by atoms with E-state index in [0.717, 1.165) is 38.0 Å². The third-order valence-corrected chi connectivity index (χ3v) is 4.22. The maximum atomic E-state index is 10.5. The quantitative estimate of drug-likeness (QED) is 0.898. The van der Waals surface area contributed by atoms with Gasteiger partial charge in [-0.15, -0.1) is 0 Å². The first-order valence-corrected chi connectivity index (χ1v) is 7.25. The van der Waals surface area contributed by atoms with Crippen molar-refractivity contribution in [2.24, 2.45) is 0 Å². The van der Waals surface area contributed by atoms with Crippen molar-refractivity contribution in [3.63, 3.8) is 0 Å². The van der Waals surface area contributed by atoms with Crippen molar-refractivity contribution in [3.8, 4) is 0 Å². The summed E-state index contributed by atoms with van der Waals surface area (Å²) in [5, 5.41) is 10.5. The zero-order valence-electron chi connectivity index (χ0n) is 12.3. The molecule has 0 radical (unpaired) electrons. The summed E-state index contributed by atoms with van der Waals surface area (Å²) < 4.78 is 0. The van der Waals surface area contributed by atoms with Crippen LogP contribution in [-0.4, -0.2) is 54.7 Å². The molecule has 0 saturated carbocycles. The molecular formula is C16H26N2O. The Morgan fingerprint density at radius 2 is 2.11 bits per heavy atom. The molecule has 2 rings (SSSR count). The van der Waals surface area contributed by atoms with E-state index in [-0.39, 0.29) is 6.10 Å². The number of benzene rings is 1. The van der Waals surface area contributed by atoms with Gasteiger partial charge in [0.15, 0.2) is 0 Å². The molecule has 19 heavy (non-hydrogen) atoms. The average molecular weight is 262 g/mol. The van der Waals surface area contributed by atoms with Gasteiger partial charge in [-0.3, -0.25) is 0 Å². The number of aryl methyl sites for hydroxylation is 1. The van der Waals surface area contributed by atoms with E-state index in [1.54, 1.807) is 0 Å². The van der Waals surface area contributed by atoms with Crippen LogP contribution in [0.2, 0.25) is 0 Å². The van der Waals surface area contributed by atoms with E-state index in [1.165, 1.54) is 5.56 Å². The monoisotopic (exact) mass is 262 g/mol. The van der Waals surface area contributed by atoms with Gasteiger partial charge >= 0.3 is 0 Å². The molecule has 0 aliphatic carbocycles. The minimum absolute atomic E-state index is 0.356. The summed E-state index contributed by atoms with van der Waals surface area (Å²) in [4.78, 5) is 4.72. The molecule has 1 N–H and O–H groups in total. The van der Waals surface area contributed by atoms with Crippen LogP contribution in [-0.2, 0) is 6.42 Å². The maximum absolute atomic E-state index is 10.5. The molecule has 0 aromatic heterocycles. The summed E-state index contributed by atoms with van der Waals surface area (Å²) in [5.41, 5.74) is 2.35. The van der Waals surface area contributed by atoms with Crippen molar-refractivity contribution < 1.29 is 5.11 Å². The Labute approximate surface area is 116 Å². The number of nitrogens with zero attached hydrogens (tertiary/aromatic N) is 2. The van der Waals surface area contributed by atoms with Gasteiger partial charge in [0.2, 0.25) is 0 Å². The van der Waals surface area contributed by atoms with Gasteiger partial charge in [0.25, 0.3) is 0 Å². The molecule has 2 atom stereocenters. The second-order valence-corrected chi connectivity index (χ2v) is 5.75. The molecule has 1 aromatic rings. The van der Waals surface area contributed by atoms with E-state index >= 15 is 0 Å². The standard InChI is InChI=1S/C16H26N2O/c1-4-13-6-5-7-14(10-13)16(19)11-15-12-17(2)8-9-18(15)3/h5-7,10,15-16,19H,4,8-9,11-12H2,1-3H3. The lowest BCUT2D eigenvalue weighted by Gasteiger charge is -2.38. The number of aliphatic hydroxyl groups is 1. The molecule has 1 fully saturated rings. The summed E-state index contributed by atoms with van der Waals surface area (Å²) in [6.45, 7) is 5.40. The Morgan fingerprint density at radius 3 is 2.84 bits per heavy atom. The number of rotatable bonds is 4. The molecule has 1 saturated heterocycles. The maximum Gasteiger partial charge on any atom is 0.0805 e. The lowest BCUT2D eigenvalue weighted by Crippen LogP contribution is -2.50. The minimum Gasteiger partial charge on any atom is -0.388 e.